The molecule has 1 fully saturated rings. The highest BCUT2D eigenvalue weighted by atomic mass is 35.5. The smallest absolute Gasteiger partial charge is 0.322 e. The van der Waals surface area contributed by atoms with Gasteiger partial charge in [-0.1, -0.05) is 12.8 Å². The van der Waals surface area contributed by atoms with Crippen molar-refractivity contribution in [2.45, 2.75) is 51.2 Å². The molecule has 0 spiro atoms. The summed E-state index contributed by atoms with van der Waals surface area (Å²) in [5.74, 6) is 0.353. The van der Waals surface area contributed by atoms with E-state index in [9.17, 15) is 5.11 Å². The molecule has 1 heterocycles. The van der Waals surface area contributed by atoms with Gasteiger partial charge in [-0.3, -0.25) is 0 Å². The SMILES string of the molecule is CC(C)Oc1nc(Cl)nc(NC2(CO)CCCC2)n1. The van der Waals surface area contributed by atoms with E-state index in [4.69, 9.17) is 16.3 Å². The maximum Gasteiger partial charge on any atom is 0.322 e. The predicted octanol–water partition coefficient (Wildman–Crippen LogP) is 2.03. The predicted molar refractivity (Wildman–Crippen MR) is 72.5 cm³/mol. The minimum absolute atomic E-state index is 0.0374. The highest BCUT2D eigenvalue weighted by Gasteiger charge is 2.34. The molecule has 0 aromatic carbocycles. The van der Waals surface area contributed by atoms with Gasteiger partial charge in [-0.25, -0.2) is 0 Å². The van der Waals surface area contributed by atoms with Crippen LogP contribution in [0, 0.1) is 0 Å². The van der Waals surface area contributed by atoms with Crippen molar-refractivity contribution in [3.05, 3.63) is 5.28 Å². The molecule has 1 aromatic rings. The average Bonchev–Trinajstić information content (AvgIpc) is 2.76. The molecule has 0 atom stereocenters. The lowest BCUT2D eigenvalue weighted by Crippen LogP contribution is -2.39. The first-order chi connectivity index (χ1) is 9.03. The quantitative estimate of drug-likeness (QED) is 0.862. The Bertz CT molecular complexity index is 436. The average molecular weight is 287 g/mol. The van der Waals surface area contributed by atoms with E-state index >= 15 is 0 Å². The van der Waals surface area contributed by atoms with Crippen LogP contribution in [0.25, 0.3) is 0 Å². The van der Waals surface area contributed by atoms with Crippen LogP contribution in [0.4, 0.5) is 5.95 Å². The molecule has 0 radical (unpaired) electrons. The van der Waals surface area contributed by atoms with Gasteiger partial charge in [0.2, 0.25) is 11.2 Å². The summed E-state index contributed by atoms with van der Waals surface area (Å²) < 4.78 is 5.42. The van der Waals surface area contributed by atoms with Crippen molar-refractivity contribution < 1.29 is 9.84 Å². The van der Waals surface area contributed by atoms with Gasteiger partial charge in [-0.15, -0.1) is 0 Å². The first-order valence-electron chi connectivity index (χ1n) is 6.50. The first-order valence-corrected chi connectivity index (χ1v) is 6.88. The second-order valence-electron chi connectivity index (χ2n) is 5.15. The van der Waals surface area contributed by atoms with E-state index in [1.54, 1.807) is 0 Å². The summed E-state index contributed by atoms with van der Waals surface area (Å²) in [7, 11) is 0. The Labute approximate surface area is 117 Å². The van der Waals surface area contributed by atoms with E-state index < -0.39 is 0 Å². The largest absolute Gasteiger partial charge is 0.461 e. The molecule has 0 amide bonds. The van der Waals surface area contributed by atoms with Crippen LogP contribution in [0.1, 0.15) is 39.5 Å². The number of aromatic nitrogens is 3. The number of anilines is 1. The Balaban J connectivity index is 2.17. The lowest BCUT2D eigenvalue weighted by Gasteiger charge is -2.27. The van der Waals surface area contributed by atoms with Gasteiger partial charge >= 0.3 is 6.01 Å². The first kappa shape index (κ1) is 14.3. The zero-order valence-electron chi connectivity index (χ0n) is 11.2. The molecule has 7 heteroatoms. The van der Waals surface area contributed by atoms with Gasteiger partial charge in [0.15, 0.2) is 0 Å². The van der Waals surface area contributed by atoms with Crippen LogP contribution in [0.5, 0.6) is 6.01 Å². The molecular formula is C12H19ClN4O2. The van der Waals surface area contributed by atoms with Crippen molar-refractivity contribution in [2.24, 2.45) is 0 Å². The van der Waals surface area contributed by atoms with E-state index in [0.29, 0.717) is 5.95 Å². The number of aliphatic hydroxyl groups excluding tert-OH is 1. The Morgan fingerprint density at radius 3 is 2.58 bits per heavy atom. The monoisotopic (exact) mass is 286 g/mol. The van der Waals surface area contributed by atoms with Gasteiger partial charge in [0.05, 0.1) is 18.2 Å². The number of rotatable bonds is 5. The van der Waals surface area contributed by atoms with Crippen LogP contribution in [-0.4, -0.2) is 38.3 Å². The molecule has 2 N–H and O–H groups in total. The standard InChI is InChI=1S/C12H19ClN4O2/c1-8(2)19-11-15-9(13)14-10(16-11)17-12(7-18)5-3-4-6-12/h8,18H,3-7H2,1-2H3,(H,14,15,16,17). The fraction of sp³-hybridized carbons (Fsp3) is 0.750. The van der Waals surface area contributed by atoms with Crippen molar-refractivity contribution in [3.63, 3.8) is 0 Å². The molecule has 0 bridgehead atoms. The molecule has 2 rings (SSSR count). The second kappa shape index (κ2) is 5.88. The Morgan fingerprint density at radius 2 is 2.00 bits per heavy atom. The summed E-state index contributed by atoms with van der Waals surface area (Å²) in [4.78, 5) is 12.1. The lowest BCUT2D eigenvalue weighted by atomic mass is 9.99. The Hall–Kier alpha value is -1.14. The third-order valence-electron chi connectivity index (χ3n) is 3.17. The van der Waals surface area contributed by atoms with Crippen molar-refractivity contribution >= 4 is 17.5 Å². The zero-order valence-corrected chi connectivity index (χ0v) is 11.9. The van der Waals surface area contributed by atoms with Gasteiger partial charge in [0.1, 0.15) is 0 Å². The fourth-order valence-corrected chi connectivity index (χ4v) is 2.42. The summed E-state index contributed by atoms with van der Waals surface area (Å²) in [6, 6.07) is 0.198. The maximum atomic E-state index is 9.56. The van der Waals surface area contributed by atoms with E-state index in [1.807, 2.05) is 13.8 Å². The van der Waals surface area contributed by atoms with Gasteiger partial charge in [0, 0.05) is 0 Å². The van der Waals surface area contributed by atoms with Crippen LogP contribution in [-0.2, 0) is 0 Å². The van der Waals surface area contributed by atoms with Crippen molar-refractivity contribution in [3.8, 4) is 6.01 Å². The molecule has 0 unspecified atom stereocenters. The number of ether oxygens (including phenoxy) is 1. The molecule has 1 aromatic heterocycles. The van der Waals surface area contributed by atoms with E-state index in [1.165, 1.54) is 0 Å². The maximum absolute atomic E-state index is 9.56. The summed E-state index contributed by atoms with van der Waals surface area (Å²) >= 11 is 5.86. The molecule has 106 valence electrons. The number of hydrogen-bond donors (Lipinski definition) is 2. The van der Waals surface area contributed by atoms with E-state index in [0.717, 1.165) is 25.7 Å². The van der Waals surface area contributed by atoms with Crippen LogP contribution >= 0.6 is 11.6 Å². The molecule has 1 aliphatic rings. The van der Waals surface area contributed by atoms with Gasteiger partial charge < -0.3 is 15.2 Å². The van der Waals surface area contributed by atoms with Gasteiger partial charge in [-0.2, -0.15) is 15.0 Å². The van der Waals surface area contributed by atoms with Crippen LogP contribution < -0.4 is 10.1 Å². The highest BCUT2D eigenvalue weighted by Crippen LogP contribution is 2.32. The fourth-order valence-electron chi connectivity index (χ4n) is 2.26. The summed E-state index contributed by atoms with van der Waals surface area (Å²) in [5, 5.41) is 12.8. The number of nitrogens with zero attached hydrogens (tertiary/aromatic N) is 3. The molecule has 1 saturated carbocycles. The minimum atomic E-state index is -0.347. The molecule has 1 aliphatic carbocycles. The third-order valence-corrected chi connectivity index (χ3v) is 3.34. The molecule has 0 saturated heterocycles. The minimum Gasteiger partial charge on any atom is -0.461 e. The van der Waals surface area contributed by atoms with Gasteiger partial charge in [-0.05, 0) is 38.3 Å². The Kier molecular flexibility index (Phi) is 4.42. The number of aliphatic hydroxyl groups is 1. The second-order valence-corrected chi connectivity index (χ2v) is 5.49. The topological polar surface area (TPSA) is 80.2 Å². The van der Waals surface area contributed by atoms with E-state index in [2.05, 4.69) is 20.3 Å². The van der Waals surface area contributed by atoms with Crippen LogP contribution in [0.15, 0.2) is 0 Å². The molecular weight excluding hydrogens is 268 g/mol. The zero-order chi connectivity index (χ0) is 13.9. The Morgan fingerprint density at radius 1 is 1.32 bits per heavy atom. The molecule has 19 heavy (non-hydrogen) atoms. The summed E-state index contributed by atoms with van der Waals surface area (Å²) in [5.41, 5.74) is -0.347. The van der Waals surface area contributed by atoms with Crippen molar-refractivity contribution in [2.75, 3.05) is 11.9 Å². The van der Waals surface area contributed by atoms with E-state index in [-0.39, 0.29) is 29.5 Å². The molecule has 0 aliphatic heterocycles. The van der Waals surface area contributed by atoms with Gasteiger partial charge in [0.25, 0.3) is 0 Å². The molecule has 6 nitrogen and oxygen atoms in total. The van der Waals surface area contributed by atoms with Crippen molar-refractivity contribution in [1.29, 1.82) is 0 Å². The lowest BCUT2D eigenvalue weighted by molar-refractivity contribution is 0.211. The number of halogens is 1. The van der Waals surface area contributed by atoms with Crippen LogP contribution in [0.3, 0.4) is 0 Å². The normalized spacial score (nSPS) is 17.7. The summed E-state index contributed by atoms with van der Waals surface area (Å²) in [6.07, 6.45) is 3.92. The summed E-state index contributed by atoms with van der Waals surface area (Å²) in [6.45, 7) is 3.82. The van der Waals surface area contributed by atoms with Crippen LogP contribution in [0.2, 0.25) is 5.28 Å². The number of nitrogens with one attached hydrogen (secondary N) is 1. The third kappa shape index (κ3) is 3.67. The highest BCUT2D eigenvalue weighted by molar-refractivity contribution is 6.28. The van der Waals surface area contributed by atoms with Crippen molar-refractivity contribution in [1.82, 2.24) is 15.0 Å². The number of hydrogen-bond acceptors (Lipinski definition) is 6.